The molecule has 46 heavy (non-hydrogen) atoms. The van der Waals surface area contributed by atoms with Gasteiger partial charge in [0.15, 0.2) is 0 Å². The Balaban J connectivity index is 1.56. The van der Waals surface area contributed by atoms with Crippen molar-refractivity contribution in [1.82, 2.24) is 19.4 Å². The molecule has 2 heterocycles. The molecular weight excluding hydrogens is 665 g/mol. The summed E-state index contributed by atoms with van der Waals surface area (Å²) in [6.07, 6.45) is -2.66. The van der Waals surface area contributed by atoms with Crippen LogP contribution in [0.1, 0.15) is 25.0 Å². The number of nitrogens with one attached hydrogen (secondary N) is 1. The van der Waals surface area contributed by atoms with E-state index >= 15 is 0 Å². The molecule has 2 saturated heterocycles. The van der Waals surface area contributed by atoms with Gasteiger partial charge in [0, 0.05) is 30.1 Å². The molecular formula is C31H30Cl2F2N4O6S. The van der Waals surface area contributed by atoms with E-state index in [2.05, 4.69) is 5.32 Å². The summed E-state index contributed by atoms with van der Waals surface area (Å²) in [7, 11) is -4.51. The number of halogens is 4. The molecule has 0 spiro atoms. The van der Waals surface area contributed by atoms with Crippen molar-refractivity contribution in [1.29, 1.82) is 0 Å². The number of ether oxygens (including phenoxy) is 1. The highest BCUT2D eigenvalue weighted by molar-refractivity contribution is 7.89. The van der Waals surface area contributed by atoms with Crippen molar-refractivity contribution in [3.63, 3.8) is 0 Å². The first-order valence-corrected chi connectivity index (χ1v) is 16.5. The van der Waals surface area contributed by atoms with Gasteiger partial charge in [-0.3, -0.25) is 9.59 Å². The average molecular weight is 696 g/mol. The highest BCUT2D eigenvalue weighted by Crippen LogP contribution is 2.35. The zero-order valence-electron chi connectivity index (χ0n) is 24.7. The number of piperazine rings is 1. The summed E-state index contributed by atoms with van der Waals surface area (Å²) in [5.41, 5.74) is 0.607. The van der Waals surface area contributed by atoms with E-state index in [0.29, 0.717) is 11.6 Å². The normalized spacial score (nSPS) is 20.5. The molecule has 3 unspecified atom stereocenters. The lowest BCUT2D eigenvalue weighted by molar-refractivity contribution is -0.168. The Kier molecular flexibility index (Phi) is 9.87. The first kappa shape index (κ1) is 33.6. The van der Waals surface area contributed by atoms with Gasteiger partial charge in [-0.05, 0) is 49.2 Å². The fourth-order valence-corrected chi connectivity index (χ4v) is 7.92. The quantitative estimate of drug-likeness (QED) is 0.369. The summed E-state index contributed by atoms with van der Waals surface area (Å²) in [6.45, 7) is 2.56. The van der Waals surface area contributed by atoms with Gasteiger partial charge in [0.2, 0.25) is 21.8 Å². The molecule has 0 bridgehead atoms. The smallest absolute Gasteiger partial charge is 0.408 e. The Labute approximate surface area is 274 Å². The van der Waals surface area contributed by atoms with Crippen LogP contribution in [0.25, 0.3) is 0 Å². The molecule has 3 atom stereocenters. The monoisotopic (exact) mass is 694 g/mol. The number of nitrogens with zero attached hydrogens (tertiary/aromatic N) is 3. The third kappa shape index (κ3) is 6.82. The molecule has 2 fully saturated rings. The minimum Gasteiger partial charge on any atom is -0.445 e. The number of alkyl carbamates (subject to hydrolysis) is 1. The van der Waals surface area contributed by atoms with Gasteiger partial charge >= 0.3 is 6.09 Å². The Hall–Kier alpha value is -3.78. The van der Waals surface area contributed by atoms with E-state index in [9.17, 15) is 31.6 Å². The van der Waals surface area contributed by atoms with E-state index in [1.54, 1.807) is 44.2 Å². The fourth-order valence-electron chi connectivity index (χ4n) is 5.59. The van der Waals surface area contributed by atoms with E-state index in [1.807, 2.05) is 0 Å². The molecule has 2 aliphatic heterocycles. The average Bonchev–Trinajstić information content (AvgIpc) is 2.99. The van der Waals surface area contributed by atoms with Crippen LogP contribution in [0.15, 0.2) is 71.6 Å². The highest BCUT2D eigenvalue weighted by atomic mass is 35.5. The third-order valence-corrected chi connectivity index (χ3v) is 10.5. The summed E-state index contributed by atoms with van der Waals surface area (Å²) in [4.78, 5) is 43.0. The summed E-state index contributed by atoms with van der Waals surface area (Å²) in [5, 5.41) is 2.45. The zero-order chi connectivity index (χ0) is 33.3. The minimum absolute atomic E-state index is 0.0654. The van der Waals surface area contributed by atoms with Crippen molar-refractivity contribution in [2.24, 2.45) is 0 Å². The number of amides is 3. The SMILES string of the molecule is CC(C)N1CC2N(C(=O)C(NC(=O)OCc3ccccc3)CN2S(=O)(=O)c2ccc(Cl)cc2Cl)C(Cc2ccc(F)cc2F)C1=O. The Morgan fingerprint density at radius 3 is 2.37 bits per heavy atom. The number of hydrogen-bond acceptors (Lipinski definition) is 6. The second-order valence-corrected chi connectivity index (χ2v) is 13.9. The first-order chi connectivity index (χ1) is 21.8. The lowest BCUT2D eigenvalue weighted by Gasteiger charge is -2.54. The van der Waals surface area contributed by atoms with Crippen LogP contribution in [0.5, 0.6) is 0 Å². The molecule has 15 heteroatoms. The maximum absolute atomic E-state index is 14.9. The largest absolute Gasteiger partial charge is 0.445 e. The molecule has 244 valence electrons. The van der Waals surface area contributed by atoms with Crippen molar-refractivity contribution in [3.8, 4) is 0 Å². The van der Waals surface area contributed by atoms with Gasteiger partial charge in [-0.15, -0.1) is 0 Å². The molecule has 3 aromatic carbocycles. The molecule has 3 aromatic rings. The van der Waals surface area contributed by atoms with Crippen molar-refractivity contribution in [2.75, 3.05) is 13.1 Å². The maximum Gasteiger partial charge on any atom is 0.408 e. The van der Waals surface area contributed by atoms with Crippen LogP contribution < -0.4 is 5.32 Å². The van der Waals surface area contributed by atoms with Crippen LogP contribution in [-0.2, 0) is 37.4 Å². The molecule has 0 radical (unpaired) electrons. The standard InChI is InChI=1S/C31H30Cl2F2N4O6S/c1-18(2)37-16-28-38(46(43,44)27-11-9-21(32)13-23(27)33)15-25(36-31(42)45-17-19-6-4-3-5-7-19)29(40)39(28)26(30(37)41)12-20-8-10-22(34)14-24(20)35/h3-11,13-14,18,25-26,28H,12,15-17H2,1-2H3,(H,36,42). The zero-order valence-corrected chi connectivity index (χ0v) is 27.0. The van der Waals surface area contributed by atoms with Gasteiger partial charge in [0.05, 0.1) is 11.6 Å². The van der Waals surface area contributed by atoms with E-state index in [1.165, 1.54) is 23.1 Å². The summed E-state index contributed by atoms with van der Waals surface area (Å²) < 4.78 is 63.4. The lowest BCUT2D eigenvalue weighted by Crippen LogP contribution is -2.76. The lowest BCUT2D eigenvalue weighted by atomic mass is 9.96. The van der Waals surface area contributed by atoms with Gasteiger partial charge in [0.25, 0.3) is 0 Å². The van der Waals surface area contributed by atoms with Crippen molar-refractivity contribution in [3.05, 3.63) is 99.5 Å². The van der Waals surface area contributed by atoms with E-state index in [-0.39, 0.29) is 33.7 Å². The van der Waals surface area contributed by atoms with Crippen molar-refractivity contribution in [2.45, 2.75) is 56.1 Å². The van der Waals surface area contributed by atoms with Crippen LogP contribution >= 0.6 is 23.2 Å². The fraction of sp³-hybridized carbons (Fsp3) is 0.323. The van der Waals surface area contributed by atoms with Crippen LogP contribution in [0, 0.1) is 11.6 Å². The number of sulfonamides is 1. The van der Waals surface area contributed by atoms with Crippen LogP contribution in [0.2, 0.25) is 10.0 Å². The number of carbonyl (C=O) groups is 3. The second-order valence-electron chi connectivity index (χ2n) is 11.2. The predicted molar refractivity (Wildman–Crippen MR) is 165 cm³/mol. The third-order valence-electron chi connectivity index (χ3n) is 7.87. The van der Waals surface area contributed by atoms with Crippen LogP contribution in [-0.4, -0.2) is 77.8 Å². The van der Waals surface area contributed by atoms with Gasteiger partial charge in [0.1, 0.15) is 41.4 Å². The van der Waals surface area contributed by atoms with Crippen LogP contribution in [0.4, 0.5) is 13.6 Å². The molecule has 3 amide bonds. The summed E-state index contributed by atoms with van der Waals surface area (Å²) in [6, 6.07) is 12.1. The molecule has 0 saturated carbocycles. The number of benzene rings is 3. The van der Waals surface area contributed by atoms with Gasteiger partial charge < -0.3 is 19.9 Å². The Morgan fingerprint density at radius 1 is 1.00 bits per heavy atom. The topological polar surface area (TPSA) is 116 Å². The maximum atomic E-state index is 14.9. The molecule has 0 aromatic heterocycles. The van der Waals surface area contributed by atoms with Gasteiger partial charge in [-0.2, -0.15) is 4.31 Å². The van der Waals surface area contributed by atoms with Crippen molar-refractivity contribution >= 4 is 51.1 Å². The van der Waals surface area contributed by atoms with E-state index in [0.717, 1.165) is 21.3 Å². The molecule has 5 rings (SSSR count). The van der Waals surface area contributed by atoms with Gasteiger partial charge in [-0.1, -0.05) is 59.6 Å². The van der Waals surface area contributed by atoms with E-state index in [4.69, 9.17) is 27.9 Å². The van der Waals surface area contributed by atoms with Crippen LogP contribution in [0.3, 0.4) is 0 Å². The van der Waals surface area contributed by atoms with Gasteiger partial charge in [-0.25, -0.2) is 22.0 Å². The number of carbonyl (C=O) groups excluding carboxylic acids is 3. The highest BCUT2D eigenvalue weighted by Gasteiger charge is 2.54. The Morgan fingerprint density at radius 2 is 1.72 bits per heavy atom. The molecule has 2 aliphatic rings. The second kappa shape index (κ2) is 13.5. The Bertz CT molecular complexity index is 1760. The predicted octanol–water partition coefficient (Wildman–Crippen LogP) is 4.59. The minimum atomic E-state index is -4.51. The molecule has 1 N–H and O–H groups in total. The number of hydrogen-bond donors (Lipinski definition) is 1. The summed E-state index contributed by atoms with van der Waals surface area (Å²) >= 11 is 12.3. The number of fused-ring (bicyclic) bond motifs is 1. The molecule has 10 nitrogen and oxygen atoms in total. The molecule has 0 aliphatic carbocycles. The number of rotatable bonds is 8. The summed E-state index contributed by atoms with van der Waals surface area (Å²) in [5.74, 6) is -3.12. The van der Waals surface area contributed by atoms with E-state index < -0.39 is 76.8 Å². The van der Waals surface area contributed by atoms with Crippen molar-refractivity contribution < 1.29 is 36.3 Å². The first-order valence-electron chi connectivity index (χ1n) is 14.3.